The Balaban J connectivity index is 1.48. The predicted octanol–water partition coefficient (Wildman–Crippen LogP) is 5.96. The van der Waals surface area contributed by atoms with Gasteiger partial charge in [-0.05, 0) is 64.4 Å². The van der Waals surface area contributed by atoms with Crippen molar-refractivity contribution in [2.45, 2.75) is 58.8 Å². The van der Waals surface area contributed by atoms with Gasteiger partial charge >= 0.3 is 6.09 Å². The molecule has 2 aromatic heterocycles. The van der Waals surface area contributed by atoms with E-state index in [0.717, 1.165) is 9.88 Å². The van der Waals surface area contributed by atoms with Crippen LogP contribution in [0.5, 0.6) is 5.75 Å². The number of carbonyl (C=O) groups excluding carboxylic acids is 2. The minimum atomic E-state index is -2.66. The first kappa shape index (κ1) is 30.3. The second-order valence-corrected chi connectivity index (χ2v) is 12.0. The number of hydrogen-bond donors (Lipinski definition) is 1. The summed E-state index contributed by atoms with van der Waals surface area (Å²) in [5.74, 6) is 0.0644. The van der Waals surface area contributed by atoms with E-state index < -0.39 is 24.2 Å². The zero-order valence-electron chi connectivity index (χ0n) is 23.6. The van der Waals surface area contributed by atoms with Gasteiger partial charge in [0.25, 0.3) is 12.3 Å². The van der Waals surface area contributed by atoms with Gasteiger partial charge in [0.1, 0.15) is 34.8 Å². The first-order chi connectivity index (χ1) is 19.4. The minimum absolute atomic E-state index is 0.152. The topological polar surface area (TPSA) is 103 Å². The molecule has 1 aromatic carbocycles. The lowest BCUT2D eigenvalue weighted by molar-refractivity contribution is -0.0557. The number of hydrogen-bond acceptors (Lipinski definition) is 8. The largest absolute Gasteiger partial charge is 0.491 e. The highest BCUT2D eigenvalue weighted by molar-refractivity contribution is 7.14. The molecule has 2 amide bonds. The molecule has 3 heterocycles. The second kappa shape index (κ2) is 12.9. The van der Waals surface area contributed by atoms with Crippen LogP contribution in [0.4, 0.5) is 13.6 Å². The minimum Gasteiger partial charge on any atom is -0.491 e. The van der Waals surface area contributed by atoms with Crippen LogP contribution in [0.3, 0.4) is 0 Å². The molecular formula is C29H34F2N4O5S. The van der Waals surface area contributed by atoms with Gasteiger partial charge in [-0.1, -0.05) is 6.07 Å². The lowest BCUT2D eigenvalue weighted by atomic mass is 10.1. The SMILES string of the molecule is Cc1cnc(-c2cc(OC[C@H]3CN(C(=O)OC(C)(C)C)CCO3)cc(C(=O)NC(C)c3ccc(C(F)F)nc3)c2)s1. The smallest absolute Gasteiger partial charge is 0.410 e. The highest BCUT2D eigenvalue weighted by Gasteiger charge is 2.28. The van der Waals surface area contributed by atoms with Crippen LogP contribution in [0, 0.1) is 6.92 Å². The number of amides is 2. The van der Waals surface area contributed by atoms with E-state index in [4.69, 9.17) is 14.2 Å². The molecule has 41 heavy (non-hydrogen) atoms. The van der Waals surface area contributed by atoms with Crippen LogP contribution in [0.2, 0.25) is 0 Å². The zero-order chi connectivity index (χ0) is 29.7. The molecule has 220 valence electrons. The van der Waals surface area contributed by atoms with Crippen LogP contribution in [0.25, 0.3) is 10.6 Å². The van der Waals surface area contributed by atoms with Crippen LogP contribution in [-0.2, 0) is 9.47 Å². The molecule has 0 radical (unpaired) electrons. The molecule has 3 aromatic rings. The fraction of sp³-hybridized carbons (Fsp3) is 0.448. The molecule has 2 atom stereocenters. The van der Waals surface area contributed by atoms with Crippen molar-refractivity contribution >= 4 is 23.3 Å². The molecule has 1 aliphatic rings. The van der Waals surface area contributed by atoms with E-state index in [9.17, 15) is 18.4 Å². The molecule has 9 nitrogen and oxygen atoms in total. The van der Waals surface area contributed by atoms with Gasteiger partial charge < -0.3 is 24.4 Å². The lowest BCUT2D eigenvalue weighted by Crippen LogP contribution is -2.49. The number of halogens is 2. The lowest BCUT2D eigenvalue weighted by Gasteiger charge is -2.34. The molecule has 0 spiro atoms. The van der Waals surface area contributed by atoms with Gasteiger partial charge in [0, 0.05) is 34.9 Å². The van der Waals surface area contributed by atoms with E-state index in [0.29, 0.717) is 42.1 Å². The van der Waals surface area contributed by atoms with Crippen LogP contribution >= 0.6 is 11.3 Å². The molecule has 1 saturated heterocycles. The fourth-order valence-electron chi connectivity index (χ4n) is 4.09. The third-order valence-corrected chi connectivity index (χ3v) is 7.11. The second-order valence-electron chi connectivity index (χ2n) is 10.8. The maximum atomic E-state index is 13.3. The number of carbonyl (C=O) groups is 2. The van der Waals surface area contributed by atoms with Gasteiger partial charge in [-0.2, -0.15) is 0 Å². The number of alkyl halides is 2. The molecular weight excluding hydrogens is 554 g/mol. The molecule has 4 rings (SSSR count). The van der Waals surface area contributed by atoms with Gasteiger partial charge in [0.05, 0.1) is 19.2 Å². The highest BCUT2D eigenvalue weighted by Crippen LogP contribution is 2.30. The number of nitrogens with zero attached hydrogens (tertiary/aromatic N) is 3. The summed E-state index contributed by atoms with van der Waals surface area (Å²) in [6, 6.07) is 7.45. The van der Waals surface area contributed by atoms with E-state index in [2.05, 4.69) is 15.3 Å². The Kier molecular flexibility index (Phi) is 9.54. The van der Waals surface area contributed by atoms with Crippen molar-refractivity contribution in [3.63, 3.8) is 0 Å². The van der Waals surface area contributed by atoms with Crippen LogP contribution in [0.1, 0.15) is 66.7 Å². The summed E-state index contributed by atoms with van der Waals surface area (Å²) in [5, 5.41) is 3.62. The molecule has 1 N–H and O–H groups in total. The molecule has 1 fully saturated rings. The normalized spacial score (nSPS) is 16.4. The van der Waals surface area contributed by atoms with E-state index in [-0.39, 0.29) is 24.3 Å². The van der Waals surface area contributed by atoms with Crippen LogP contribution in [0.15, 0.2) is 42.7 Å². The van der Waals surface area contributed by atoms with Crippen LogP contribution in [-0.4, -0.2) is 64.9 Å². The van der Waals surface area contributed by atoms with E-state index in [1.165, 1.54) is 29.7 Å². The van der Waals surface area contributed by atoms with Crippen molar-refractivity contribution in [1.29, 1.82) is 0 Å². The maximum absolute atomic E-state index is 13.3. The number of benzene rings is 1. The number of aromatic nitrogens is 2. The highest BCUT2D eigenvalue weighted by atomic mass is 32.1. The molecule has 1 unspecified atom stereocenters. The van der Waals surface area contributed by atoms with Crippen molar-refractivity contribution < 1.29 is 32.6 Å². The van der Waals surface area contributed by atoms with Gasteiger partial charge in [-0.25, -0.2) is 18.6 Å². The average Bonchev–Trinajstić information content (AvgIpc) is 3.37. The summed E-state index contributed by atoms with van der Waals surface area (Å²) in [6.45, 7) is 10.4. The van der Waals surface area contributed by atoms with Gasteiger partial charge in [0.15, 0.2) is 0 Å². The average molecular weight is 589 g/mol. The van der Waals surface area contributed by atoms with Gasteiger partial charge in [0.2, 0.25) is 0 Å². The molecule has 0 saturated carbocycles. The Bertz CT molecular complexity index is 1360. The summed E-state index contributed by atoms with van der Waals surface area (Å²) in [6.07, 6.45) is -0.362. The predicted molar refractivity (Wildman–Crippen MR) is 150 cm³/mol. The van der Waals surface area contributed by atoms with Crippen molar-refractivity contribution in [2.24, 2.45) is 0 Å². The number of ether oxygens (including phenoxy) is 3. The van der Waals surface area contributed by atoms with Crippen molar-refractivity contribution in [1.82, 2.24) is 20.2 Å². The maximum Gasteiger partial charge on any atom is 0.410 e. The summed E-state index contributed by atoms with van der Waals surface area (Å²) in [5.41, 5.74) is 0.721. The van der Waals surface area contributed by atoms with Gasteiger partial charge in [-0.3, -0.25) is 9.78 Å². The zero-order valence-corrected chi connectivity index (χ0v) is 24.5. The third-order valence-electron chi connectivity index (χ3n) is 6.14. The number of thiazole rings is 1. The third kappa shape index (κ3) is 8.43. The van der Waals surface area contributed by atoms with Gasteiger partial charge in [-0.15, -0.1) is 11.3 Å². The fourth-order valence-corrected chi connectivity index (χ4v) is 4.84. The Morgan fingerprint density at radius 1 is 1.20 bits per heavy atom. The first-order valence-electron chi connectivity index (χ1n) is 13.2. The van der Waals surface area contributed by atoms with Crippen LogP contribution < -0.4 is 10.1 Å². The van der Waals surface area contributed by atoms with Crippen molar-refractivity contribution in [3.05, 3.63) is 64.4 Å². The van der Waals surface area contributed by atoms with E-state index in [1.54, 1.807) is 36.2 Å². The molecule has 1 aliphatic heterocycles. The summed E-state index contributed by atoms with van der Waals surface area (Å²) in [4.78, 5) is 36.6. The summed E-state index contributed by atoms with van der Waals surface area (Å²) < 4.78 is 43.1. The molecule has 12 heteroatoms. The van der Waals surface area contributed by atoms with E-state index in [1.807, 2.05) is 27.7 Å². The quantitative estimate of drug-likeness (QED) is 0.347. The number of aryl methyl sites for hydroxylation is 1. The van der Waals surface area contributed by atoms with Crippen molar-refractivity contribution in [3.8, 4) is 16.3 Å². The Hall–Kier alpha value is -3.64. The Morgan fingerprint density at radius 2 is 1.98 bits per heavy atom. The molecule has 0 aliphatic carbocycles. The van der Waals surface area contributed by atoms with E-state index >= 15 is 0 Å². The summed E-state index contributed by atoms with van der Waals surface area (Å²) >= 11 is 1.49. The Labute approximate surface area is 241 Å². The standard InChI is InChI=1S/C29H34F2N4O5S/c1-17-13-33-27(41-17)21-10-20(26(36)34-18(2)19-6-7-24(25(30)31)32-14-19)11-22(12-21)39-16-23-15-35(8-9-38-23)28(37)40-29(3,4)5/h6-7,10-14,18,23,25H,8-9,15-16H2,1-5H3,(H,34,36)/t18?,23-/m1/s1. The number of rotatable bonds is 8. The molecule has 0 bridgehead atoms. The number of pyridine rings is 1. The monoisotopic (exact) mass is 588 g/mol. The summed E-state index contributed by atoms with van der Waals surface area (Å²) in [7, 11) is 0. The Morgan fingerprint density at radius 3 is 2.61 bits per heavy atom. The number of nitrogens with one attached hydrogen (secondary N) is 1. The van der Waals surface area contributed by atoms with Crippen molar-refractivity contribution in [2.75, 3.05) is 26.3 Å². The first-order valence-corrected chi connectivity index (χ1v) is 14.0. The number of morpholine rings is 1.